The van der Waals surface area contributed by atoms with Crippen LogP contribution in [0.5, 0.6) is 5.75 Å². The van der Waals surface area contributed by atoms with E-state index in [1.807, 2.05) is 13.8 Å². The number of ether oxygens (including phenoxy) is 1. The number of hydrogen-bond donors (Lipinski definition) is 2. The van der Waals surface area contributed by atoms with Crippen molar-refractivity contribution in [2.75, 3.05) is 13.1 Å². The monoisotopic (exact) mass is 272 g/mol. The van der Waals surface area contributed by atoms with Crippen LogP contribution in [0, 0.1) is 0 Å². The Kier molecular flexibility index (Phi) is 6.21. The first kappa shape index (κ1) is 15.4. The summed E-state index contributed by atoms with van der Waals surface area (Å²) in [6, 6.07) is 6.04. The average Bonchev–Trinajstić information content (AvgIpc) is 2.36. The van der Waals surface area contributed by atoms with Gasteiger partial charge in [-0.2, -0.15) is 8.78 Å². The SMILES string of the molecule is CCN[C@H](C)CNC(=O)c1ccccc1OC(F)F. The standard InChI is InChI=1S/C13H18F2N2O2/c1-3-16-9(2)8-17-12(18)10-6-4-5-7-11(10)19-13(14)15/h4-7,9,13,16H,3,8H2,1-2H3,(H,17,18)/t9-/m1/s1. The largest absolute Gasteiger partial charge is 0.434 e. The van der Waals surface area contributed by atoms with Crippen molar-refractivity contribution in [3.8, 4) is 5.75 Å². The molecular weight excluding hydrogens is 254 g/mol. The number of para-hydroxylation sites is 1. The highest BCUT2D eigenvalue weighted by atomic mass is 19.3. The number of amides is 1. The molecule has 0 spiro atoms. The molecule has 0 unspecified atom stereocenters. The molecule has 0 radical (unpaired) electrons. The van der Waals surface area contributed by atoms with E-state index in [0.717, 1.165) is 6.54 Å². The van der Waals surface area contributed by atoms with E-state index >= 15 is 0 Å². The number of carbonyl (C=O) groups is 1. The van der Waals surface area contributed by atoms with Crippen molar-refractivity contribution in [1.82, 2.24) is 10.6 Å². The van der Waals surface area contributed by atoms with Crippen molar-refractivity contribution >= 4 is 5.91 Å². The maximum absolute atomic E-state index is 12.2. The van der Waals surface area contributed by atoms with E-state index in [0.29, 0.717) is 6.54 Å². The highest BCUT2D eigenvalue weighted by Gasteiger charge is 2.15. The van der Waals surface area contributed by atoms with Crippen molar-refractivity contribution in [2.24, 2.45) is 0 Å². The Bertz CT molecular complexity index is 413. The predicted molar refractivity (Wildman–Crippen MR) is 68.5 cm³/mol. The van der Waals surface area contributed by atoms with Crippen molar-refractivity contribution in [3.05, 3.63) is 29.8 Å². The zero-order valence-corrected chi connectivity index (χ0v) is 11.0. The van der Waals surface area contributed by atoms with Crippen molar-refractivity contribution < 1.29 is 18.3 Å². The maximum atomic E-state index is 12.2. The normalized spacial score (nSPS) is 12.3. The van der Waals surface area contributed by atoms with Gasteiger partial charge in [-0.15, -0.1) is 0 Å². The van der Waals surface area contributed by atoms with Crippen molar-refractivity contribution in [3.63, 3.8) is 0 Å². The molecule has 1 aromatic rings. The van der Waals surface area contributed by atoms with Gasteiger partial charge >= 0.3 is 6.61 Å². The molecule has 0 aromatic heterocycles. The van der Waals surface area contributed by atoms with Gasteiger partial charge < -0.3 is 15.4 Å². The topological polar surface area (TPSA) is 50.4 Å². The quantitative estimate of drug-likeness (QED) is 0.798. The first-order valence-electron chi connectivity index (χ1n) is 6.10. The molecule has 2 N–H and O–H groups in total. The van der Waals surface area contributed by atoms with E-state index in [4.69, 9.17) is 0 Å². The fourth-order valence-electron chi connectivity index (χ4n) is 1.61. The summed E-state index contributed by atoms with van der Waals surface area (Å²) in [5.74, 6) is -0.549. The fourth-order valence-corrected chi connectivity index (χ4v) is 1.61. The summed E-state index contributed by atoms with van der Waals surface area (Å²) in [6.45, 7) is 2.14. The number of benzene rings is 1. The molecule has 0 heterocycles. The van der Waals surface area contributed by atoms with Gasteiger partial charge in [0.25, 0.3) is 5.91 Å². The molecule has 0 aliphatic carbocycles. The van der Waals surface area contributed by atoms with Gasteiger partial charge in [0.15, 0.2) is 0 Å². The molecule has 0 saturated carbocycles. The van der Waals surface area contributed by atoms with Crippen LogP contribution in [-0.4, -0.2) is 31.7 Å². The third-order valence-corrected chi connectivity index (χ3v) is 2.47. The van der Waals surface area contributed by atoms with Crippen molar-refractivity contribution in [2.45, 2.75) is 26.5 Å². The van der Waals surface area contributed by atoms with Crippen LogP contribution in [0.25, 0.3) is 0 Å². The lowest BCUT2D eigenvalue weighted by molar-refractivity contribution is -0.0501. The number of halogens is 2. The van der Waals surface area contributed by atoms with Crippen LogP contribution in [0.15, 0.2) is 24.3 Å². The summed E-state index contributed by atoms with van der Waals surface area (Å²) in [4.78, 5) is 11.9. The molecule has 106 valence electrons. The second kappa shape index (κ2) is 7.68. The van der Waals surface area contributed by atoms with E-state index in [9.17, 15) is 13.6 Å². The first-order chi connectivity index (χ1) is 9.04. The Balaban J connectivity index is 2.66. The minimum Gasteiger partial charge on any atom is -0.434 e. The zero-order chi connectivity index (χ0) is 14.3. The Hall–Kier alpha value is -1.69. The minimum absolute atomic E-state index is 0.103. The summed E-state index contributed by atoms with van der Waals surface area (Å²) in [7, 11) is 0. The van der Waals surface area contributed by atoms with Crippen molar-refractivity contribution in [1.29, 1.82) is 0 Å². The van der Waals surface area contributed by atoms with Gasteiger partial charge in [-0.05, 0) is 25.6 Å². The molecule has 0 saturated heterocycles. The Labute approximate surface area is 111 Å². The molecule has 1 aromatic carbocycles. The third kappa shape index (κ3) is 5.21. The number of likely N-dealkylation sites (N-methyl/N-ethyl adjacent to an activating group) is 1. The van der Waals surface area contributed by atoms with E-state index in [1.165, 1.54) is 18.2 Å². The smallest absolute Gasteiger partial charge is 0.387 e. The van der Waals surface area contributed by atoms with Gasteiger partial charge in [-0.1, -0.05) is 19.1 Å². The minimum atomic E-state index is -2.95. The molecule has 19 heavy (non-hydrogen) atoms. The van der Waals surface area contributed by atoms with Crippen LogP contribution in [0.3, 0.4) is 0 Å². The number of alkyl halides is 2. The van der Waals surface area contributed by atoms with Crippen LogP contribution in [-0.2, 0) is 0 Å². The van der Waals surface area contributed by atoms with Crippen LogP contribution in [0.4, 0.5) is 8.78 Å². The Morgan fingerprint density at radius 2 is 2.05 bits per heavy atom. The van der Waals surface area contributed by atoms with Gasteiger partial charge in [-0.25, -0.2) is 0 Å². The lowest BCUT2D eigenvalue weighted by atomic mass is 10.2. The lowest BCUT2D eigenvalue weighted by Gasteiger charge is -2.14. The summed E-state index contributed by atoms with van der Waals surface area (Å²) < 4.78 is 28.7. The molecular formula is C13H18F2N2O2. The molecule has 0 aliphatic heterocycles. The number of nitrogens with one attached hydrogen (secondary N) is 2. The van der Waals surface area contributed by atoms with E-state index in [1.54, 1.807) is 6.07 Å². The second-order valence-electron chi connectivity index (χ2n) is 4.04. The van der Waals surface area contributed by atoms with Crippen LogP contribution >= 0.6 is 0 Å². The molecule has 0 aliphatic rings. The molecule has 4 nitrogen and oxygen atoms in total. The van der Waals surface area contributed by atoms with Gasteiger partial charge in [0, 0.05) is 12.6 Å². The Morgan fingerprint density at radius 1 is 1.37 bits per heavy atom. The molecule has 0 fully saturated rings. The molecule has 0 bridgehead atoms. The highest BCUT2D eigenvalue weighted by molar-refractivity contribution is 5.96. The highest BCUT2D eigenvalue weighted by Crippen LogP contribution is 2.19. The number of rotatable bonds is 7. The van der Waals surface area contributed by atoms with E-state index in [-0.39, 0.29) is 17.4 Å². The molecule has 1 rings (SSSR count). The Morgan fingerprint density at radius 3 is 2.68 bits per heavy atom. The van der Waals surface area contributed by atoms with E-state index in [2.05, 4.69) is 15.4 Å². The van der Waals surface area contributed by atoms with Crippen LogP contribution < -0.4 is 15.4 Å². The first-order valence-corrected chi connectivity index (χ1v) is 6.10. The van der Waals surface area contributed by atoms with E-state index < -0.39 is 12.5 Å². The van der Waals surface area contributed by atoms with Crippen LogP contribution in [0.1, 0.15) is 24.2 Å². The predicted octanol–water partition coefficient (Wildman–Crippen LogP) is 2.02. The fraction of sp³-hybridized carbons (Fsp3) is 0.462. The number of hydrogen-bond acceptors (Lipinski definition) is 3. The average molecular weight is 272 g/mol. The molecule has 6 heteroatoms. The summed E-state index contributed by atoms with van der Waals surface area (Å²) in [5, 5.41) is 5.80. The molecule has 1 amide bonds. The maximum Gasteiger partial charge on any atom is 0.387 e. The van der Waals surface area contributed by atoms with Gasteiger partial charge in [0.1, 0.15) is 5.75 Å². The zero-order valence-electron chi connectivity index (χ0n) is 11.0. The van der Waals surface area contributed by atoms with Gasteiger partial charge in [0.2, 0.25) is 0 Å². The molecule has 1 atom stereocenters. The third-order valence-electron chi connectivity index (χ3n) is 2.47. The van der Waals surface area contributed by atoms with Crippen LogP contribution in [0.2, 0.25) is 0 Å². The summed E-state index contributed by atoms with van der Waals surface area (Å²) in [6.07, 6.45) is 0. The number of carbonyl (C=O) groups excluding carboxylic acids is 1. The summed E-state index contributed by atoms with van der Waals surface area (Å²) >= 11 is 0. The summed E-state index contributed by atoms with van der Waals surface area (Å²) in [5.41, 5.74) is 0.103. The second-order valence-corrected chi connectivity index (χ2v) is 4.04. The lowest BCUT2D eigenvalue weighted by Crippen LogP contribution is -2.38. The van der Waals surface area contributed by atoms with Gasteiger partial charge in [0.05, 0.1) is 5.56 Å². The van der Waals surface area contributed by atoms with Gasteiger partial charge in [-0.3, -0.25) is 4.79 Å².